The molecule has 1 N–H and O–H groups in total. The van der Waals surface area contributed by atoms with Crippen LogP contribution in [0.5, 0.6) is 0 Å². The zero-order valence-corrected chi connectivity index (χ0v) is 14.3. The van der Waals surface area contributed by atoms with Crippen LogP contribution < -0.4 is 5.32 Å². The minimum absolute atomic E-state index is 0.0652. The van der Waals surface area contributed by atoms with Crippen LogP contribution in [-0.4, -0.2) is 93.8 Å². The van der Waals surface area contributed by atoms with Gasteiger partial charge in [-0.25, -0.2) is 17.5 Å². The lowest BCUT2D eigenvalue weighted by Gasteiger charge is -2.19. The third-order valence-electron chi connectivity index (χ3n) is 4.13. The predicted molar refractivity (Wildman–Crippen MR) is 83.1 cm³/mol. The average molecular weight is 348 g/mol. The Morgan fingerprint density at radius 1 is 1.43 bits per heavy atom. The number of hydrogen-bond donors (Lipinski definition) is 1. The van der Waals surface area contributed by atoms with Gasteiger partial charge in [0.1, 0.15) is 6.54 Å². The zero-order valence-electron chi connectivity index (χ0n) is 13.5. The first-order valence-corrected chi connectivity index (χ1v) is 9.40. The van der Waals surface area contributed by atoms with Crippen molar-refractivity contribution in [3.8, 4) is 0 Å². The van der Waals surface area contributed by atoms with E-state index in [1.165, 1.54) is 15.5 Å². The smallest absolute Gasteiger partial charge is 0.319 e. The highest BCUT2D eigenvalue weighted by molar-refractivity contribution is 7.88. The highest BCUT2D eigenvalue weighted by atomic mass is 32.2. The first-order chi connectivity index (χ1) is 10.8. The van der Waals surface area contributed by atoms with Gasteiger partial charge in [-0.3, -0.25) is 9.69 Å². The fourth-order valence-electron chi connectivity index (χ4n) is 2.74. The number of sulfonamides is 1. The summed E-state index contributed by atoms with van der Waals surface area (Å²) >= 11 is 0. The van der Waals surface area contributed by atoms with E-state index in [4.69, 9.17) is 4.74 Å². The van der Waals surface area contributed by atoms with Crippen LogP contribution in [0.15, 0.2) is 0 Å². The molecule has 2 aliphatic rings. The fourth-order valence-corrected chi connectivity index (χ4v) is 3.66. The van der Waals surface area contributed by atoms with Gasteiger partial charge >= 0.3 is 6.03 Å². The maximum atomic E-state index is 12.1. The van der Waals surface area contributed by atoms with E-state index in [1.807, 2.05) is 0 Å². The molecular formula is C13H24N4O5S. The number of methoxy groups -OCH3 is 1. The summed E-state index contributed by atoms with van der Waals surface area (Å²) in [5.74, 6) is 0.0119. The van der Waals surface area contributed by atoms with Crippen molar-refractivity contribution < 1.29 is 22.7 Å². The molecule has 10 heteroatoms. The molecule has 0 spiro atoms. The van der Waals surface area contributed by atoms with Crippen LogP contribution in [0.3, 0.4) is 0 Å². The Morgan fingerprint density at radius 2 is 2.17 bits per heavy atom. The Hall–Kier alpha value is -1.39. The van der Waals surface area contributed by atoms with Crippen molar-refractivity contribution in [2.45, 2.75) is 6.42 Å². The minimum atomic E-state index is -3.17. The summed E-state index contributed by atoms with van der Waals surface area (Å²) in [4.78, 5) is 26.9. The highest BCUT2D eigenvalue weighted by Gasteiger charge is 2.32. The van der Waals surface area contributed by atoms with E-state index >= 15 is 0 Å². The molecule has 1 unspecified atom stereocenters. The van der Waals surface area contributed by atoms with Crippen molar-refractivity contribution in [2.24, 2.45) is 5.92 Å². The molecule has 0 radical (unpaired) electrons. The standard InChI is InChI=1S/C13H24N4O5S/c1-22-6-5-15-10-16(9-12(15)18)13(19)14-7-11-3-4-17(8-11)23(2,20)21/h11H,3-10H2,1-2H3,(H,14,19). The number of carbonyl (C=O) groups excluding carboxylic acids is 2. The van der Waals surface area contributed by atoms with E-state index in [0.717, 1.165) is 6.42 Å². The van der Waals surface area contributed by atoms with E-state index in [0.29, 0.717) is 32.8 Å². The highest BCUT2D eigenvalue weighted by Crippen LogP contribution is 2.18. The van der Waals surface area contributed by atoms with Gasteiger partial charge in [0, 0.05) is 33.3 Å². The van der Waals surface area contributed by atoms with Crippen molar-refractivity contribution in [1.82, 2.24) is 19.4 Å². The van der Waals surface area contributed by atoms with Crippen LogP contribution in [-0.2, 0) is 19.6 Å². The van der Waals surface area contributed by atoms with E-state index < -0.39 is 10.0 Å². The molecule has 0 aromatic carbocycles. The molecule has 132 valence electrons. The molecule has 2 rings (SSSR count). The van der Waals surface area contributed by atoms with Crippen LogP contribution >= 0.6 is 0 Å². The van der Waals surface area contributed by atoms with E-state index in [1.54, 1.807) is 12.0 Å². The maximum absolute atomic E-state index is 12.1. The number of hydrogen-bond acceptors (Lipinski definition) is 5. The van der Waals surface area contributed by atoms with Crippen molar-refractivity contribution in [3.05, 3.63) is 0 Å². The van der Waals surface area contributed by atoms with Crippen LogP contribution in [0.1, 0.15) is 6.42 Å². The maximum Gasteiger partial charge on any atom is 0.319 e. The molecule has 0 aliphatic carbocycles. The van der Waals surface area contributed by atoms with Crippen molar-refractivity contribution >= 4 is 22.0 Å². The summed E-state index contributed by atoms with van der Waals surface area (Å²) in [6, 6.07) is -0.295. The third kappa shape index (κ3) is 4.79. The average Bonchev–Trinajstić information content (AvgIpc) is 3.09. The molecule has 9 nitrogen and oxygen atoms in total. The second-order valence-electron chi connectivity index (χ2n) is 5.95. The Bertz CT molecular complexity index is 553. The lowest BCUT2D eigenvalue weighted by Crippen LogP contribution is -2.42. The van der Waals surface area contributed by atoms with E-state index in [9.17, 15) is 18.0 Å². The largest absolute Gasteiger partial charge is 0.383 e. The number of rotatable bonds is 6. The molecule has 2 heterocycles. The summed E-state index contributed by atoms with van der Waals surface area (Å²) in [6.07, 6.45) is 1.92. The van der Waals surface area contributed by atoms with Gasteiger partial charge in [-0.1, -0.05) is 0 Å². The zero-order chi connectivity index (χ0) is 17.0. The van der Waals surface area contributed by atoms with Gasteiger partial charge in [-0.05, 0) is 12.3 Å². The summed E-state index contributed by atoms with van der Waals surface area (Å²) in [5.41, 5.74) is 0. The van der Waals surface area contributed by atoms with Gasteiger partial charge in [0.2, 0.25) is 15.9 Å². The first-order valence-electron chi connectivity index (χ1n) is 7.56. The molecule has 2 fully saturated rings. The monoisotopic (exact) mass is 348 g/mol. The van der Waals surface area contributed by atoms with Gasteiger partial charge in [0.25, 0.3) is 0 Å². The second kappa shape index (κ2) is 7.45. The molecular weight excluding hydrogens is 324 g/mol. The SMILES string of the molecule is COCCN1CN(C(=O)NCC2CCN(S(C)(=O)=O)C2)CC1=O. The van der Waals surface area contributed by atoms with E-state index in [-0.39, 0.29) is 31.1 Å². The Labute approximate surface area is 136 Å². The van der Waals surface area contributed by atoms with Gasteiger partial charge in [-0.15, -0.1) is 0 Å². The van der Waals surface area contributed by atoms with Gasteiger partial charge < -0.3 is 15.0 Å². The minimum Gasteiger partial charge on any atom is -0.383 e. The molecule has 0 aromatic heterocycles. The summed E-state index contributed by atoms with van der Waals surface area (Å²) < 4.78 is 29.3. The molecule has 0 saturated carbocycles. The summed E-state index contributed by atoms with van der Waals surface area (Å²) in [6.45, 7) is 2.55. The Morgan fingerprint density at radius 3 is 2.78 bits per heavy atom. The number of amides is 3. The molecule has 0 aromatic rings. The van der Waals surface area contributed by atoms with Crippen molar-refractivity contribution in [2.75, 3.05) is 59.4 Å². The van der Waals surface area contributed by atoms with Gasteiger partial charge in [0.05, 0.1) is 19.5 Å². The third-order valence-corrected chi connectivity index (χ3v) is 5.40. The topological polar surface area (TPSA) is 99.3 Å². The number of urea groups is 1. The Kier molecular flexibility index (Phi) is 5.82. The lowest BCUT2D eigenvalue weighted by atomic mass is 10.1. The van der Waals surface area contributed by atoms with Crippen LogP contribution in [0.2, 0.25) is 0 Å². The van der Waals surface area contributed by atoms with Crippen molar-refractivity contribution in [3.63, 3.8) is 0 Å². The first kappa shape index (κ1) is 18.0. The van der Waals surface area contributed by atoms with E-state index in [2.05, 4.69) is 5.32 Å². The molecule has 2 saturated heterocycles. The number of nitrogens with zero attached hydrogens (tertiary/aromatic N) is 3. The Balaban J connectivity index is 1.75. The number of carbonyl (C=O) groups is 2. The predicted octanol–water partition coefficient (Wildman–Crippen LogP) is -1.27. The molecule has 23 heavy (non-hydrogen) atoms. The number of nitrogens with one attached hydrogen (secondary N) is 1. The molecule has 1 atom stereocenters. The molecule has 3 amide bonds. The summed E-state index contributed by atoms with van der Waals surface area (Å²) in [7, 11) is -1.60. The van der Waals surface area contributed by atoms with Gasteiger partial charge in [-0.2, -0.15) is 0 Å². The quantitative estimate of drug-likeness (QED) is 0.645. The normalized spacial score (nSPS) is 22.9. The molecule has 2 aliphatic heterocycles. The van der Waals surface area contributed by atoms with Gasteiger partial charge in [0.15, 0.2) is 0 Å². The number of ether oxygens (including phenoxy) is 1. The lowest BCUT2D eigenvalue weighted by molar-refractivity contribution is -0.127. The van der Waals surface area contributed by atoms with Crippen LogP contribution in [0.25, 0.3) is 0 Å². The second-order valence-corrected chi connectivity index (χ2v) is 7.93. The fraction of sp³-hybridized carbons (Fsp3) is 0.846. The summed E-state index contributed by atoms with van der Waals surface area (Å²) in [5, 5.41) is 2.79. The van der Waals surface area contributed by atoms with Crippen LogP contribution in [0.4, 0.5) is 4.79 Å². The van der Waals surface area contributed by atoms with Crippen LogP contribution in [0, 0.1) is 5.92 Å². The van der Waals surface area contributed by atoms with Crippen molar-refractivity contribution in [1.29, 1.82) is 0 Å². The molecule has 0 bridgehead atoms.